The minimum Gasteiger partial charge on any atom is -0.800 e. The van der Waals surface area contributed by atoms with Gasteiger partial charge in [0, 0.05) is 6.04 Å². The highest BCUT2D eigenvalue weighted by Gasteiger charge is 2.25. The van der Waals surface area contributed by atoms with Gasteiger partial charge in [0.2, 0.25) is 10.0 Å². The number of rotatable bonds is 4. The van der Waals surface area contributed by atoms with E-state index in [1.165, 1.54) is 18.2 Å². The van der Waals surface area contributed by atoms with Gasteiger partial charge >= 0.3 is 5.97 Å². The van der Waals surface area contributed by atoms with E-state index in [-0.39, 0.29) is 28.4 Å². The second kappa shape index (κ2) is 5.34. The lowest BCUT2D eigenvalue weighted by atomic mass is 10.2. The second-order valence-corrected chi connectivity index (χ2v) is 8.50. The summed E-state index contributed by atoms with van der Waals surface area (Å²) in [6.45, 7) is 0. The number of carbonyl (C=O) groups is 1. The van der Waals surface area contributed by atoms with Gasteiger partial charge in [-0.3, -0.25) is 0 Å². The van der Waals surface area contributed by atoms with Gasteiger partial charge in [-0.05, 0) is 36.1 Å². The van der Waals surface area contributed by atoms with Crippen molar-refractivity contribution in [3.05, 3.63) is 29.8 Å². The lowest BCUT2D eigenvalue weighted by Crippen LogP contribution is -2.35. The van der Waals surface area contributed by atoms with E-state index in [2.05, 4.69) is 4.72 Å². The van der Waals surface area contributed by atoms with Gasteiger partial charge < -0.3 is 24.8 Å². The molecule has 9 heteroatoms. The fraction of sp³-hybridized carbons (Fsp3) is 0.364. The minimum absolute atomic E-state index is 0.0463. The van der Waals surface area contributed by atoms with Crippen LogP contribution in [-0.4, -0.2) is 46.1 Å². The molecule has 0 amide bonds. The van der Waals surface area contributed by atoms with Crippen molar-refractivity contribution >= 4 is 26.6 Å². The summed E-state index contributed by atoms with van der Waals surface area (Å²) in [4.78, 5) is 10.6. The molecular formula is C11H13NO6S2-2. The van der Waals surface area contributed by atoms with Crippen molar-refractivity contribution in [3.63, 3.8) is 0 Å². The zero-order valence-corrected chi connectivity index (χ0v) is 11.9. The maximum Gasteiger partial charge on any atom is 0.335 e. The maximum atomic E-state index is 12.1. The van der Waals surface area contributed by atoms with E-state index in [1.807, 2.05) is 0 Å². The Kier molecular flexibility index (Phi) is 4.07. The van der Waals surface area contributed by atoms with Gasteiger partial charge in [0.05, 0.1) is 10.5 Å². The van der Waals surface area contributed by atoms with Gasteiger partial charge in [-0.25, -0.2) is 17.9 Å². The van der Waals surface area contributed by atoms with E-state index in [0.717, 1.165) is 6.07 Å². The van der Waals surface area contributed by atoms with Crippen molar-refractivity contribution in [3.8, 4) is 0 Å². The molecule has 1 aliphatic rings. The highest BCUT2D eigenvalue weighted by Crippen LogP contribution is 2.45. The summed E-state index contributed by atoms with van der Waals surface area (Å²) in [5.41, 5.74) is -0.146. The van der Waals surface area contributed by atoms with Crippen molar-refractivity contribution in [2.24, 2.45) is 0 Å². The standard InChI is InChI=1S/C11H15NO6S2/c13-11(14)8-2-1-3-10(6-8)20(17,18)12-9-4-5-19(15,16)7-9/h1-3,6,9,12,15-16H,4-5,7H2,(H,13,14)/p-2. The Morgan fingerprint density at radius 1 is 1.40 bits per heavy atom. The van der Waals surface area contributed by atoms with E-state index >= 15 is 0 Å². The number of hydrogen-bond acceptors (Lipinski definition) is 5. The summed E-state index contributed by atoms with van der Waals surface area (Å²) in [6, 6.07) is 4.23. The second-order valence-electron chi connectivity index (χ2n) is 4.55. The molecule has 1 unspecified atom stereocenters. The Morgan fingerprint density at radius 3 is 2.65 bits per heavy atom. The Hall–Kier alpha value is -1.13. The Balaban J connectivity index is 2.19. The third-order valence-corrected chi connectivity index (χ3v) is 6.23. The number of hydrogen-bond donors (Lipinski definition) is 2. The topological polar surface area (TPSA) is 130 Å². The zero-order valence-electron chi connectivity index (χ0n) is 10.3. The molecule has 0 bridgehead atoms. The summed E-state index contributed by atoms with van der Waals surface area (Å²) in [5, 5.41) is 8.83. The average Bonchev–Trinajstić information content (AvgIpc) is 2.68. The van der Waals surface area contributed by atoms with Gasteiger partial charge in [-0.1, -0.05) is 6.07 Å². The number of benzene rings is 1. The predicted octanol–water partition coefficient (Wildman–Crippen LogP) is 0.501. The van der Waals surface area contributed by atoms with Gasteiger partial charge in [0.25, 0.3) is 0 Å². The Morgan fingerprint density at radius 2 is 2.10 bits per heavy atom. The highest BCUT2D eigenvalue weighted by atomic mass is 32.3. The maximum absolute atomic E-state index is 12.1. The van der Waals surface area contributed by atoms with E-state index < -0.39 is 32.6 Å². The quantitative estimate of drug-likeness (QED) is 0.831. The van der Waals surface area contributed by atoms with Crippen LogP contribution >= 0.6 is 10.6 Å². The Labute approximate surface area is 118 Å². The molecule has 0 saturated carbocycles. The molecule has 0 aromatic heterocycles. The van der Waals surface area contributed by atoms with Crippen molar-refractivity contribution in [1.82, 2.24) is 4.72 Å². The van der Waals surface area contributed by atoms with Crippen LogP contribution in [0.15, 0.2) is 29.2 Å². The highest BCUT2D eigenvalue weighted by molar-refractivity contribution is 8.24. The molecule has 20 heavy (non-hydrogen) atoms. The van der Waals surface area contributed by atoms with Crippen LogP contribution in [0.5, 0.6) is 0 Å². The smallest absolute Gasteiger partial charge is 0.335 e. The molecule has 1 heterocycles. The van der Waals surface area contributed by atoms with Gasteiger partial charge in [0.1, 0.15) is 0 Å². The third kappa shape index (κ3) is 3.49. The van der Waals surface area contributed by atoms with Gasteiger partial charge in [-0.15, -0.1) is 0 Å². The van der Waals surface area contributed by atoms with Crippen LogP contribution < -0.4 is 4.72 Å². The molecule has 1 saturated heterocycles. The molecular weight excluding hydrogens is 306 g/mol. The van der Waals surface area contributed by atoms with Crippen molar-refractivity contribution < 1.29 is 27.4 Å². The molecule has 112 valence electrons. The molecule has 1 atom stereocenters. The lowest BCUT2D eigenvalue weighted by molar-refractivity contribution is 0.0696. The third-order valence-electron chi connectivity index (χ3n) is 2.95. The van der Waals surface area contributed by atoms with Crippen LogP contribution in [0.4, 0.5) is 0 Å². The number of sulfone groups is 1. The molecule has 1 fully saturated rings. The Bertz CT molecular complexity index is 628. The van der Waals surface area contributed by atoms with Crippen molar-refractivity contribution in [2.75, 3.05) is 11.5 Å². The summed E-state index contributed by atoms with van der Waals surface area (Å²) >= 11 is 0. The fourth-order valence-corrected chi connectivity index (χ4v) is 5.07. The van der Waals surface area contributed by atoms with Crippen LogP contribution in [0.1, 0.15) is 16.8 Å². The van der Waals surface area contributed by atoms with Crippen molar-refractivity contribution in [2.45, 2.75) is 17.4 Å². The molecule has 1 aromatic rings. The first-order valence-corrected chi connectivity index (χ1v) is 9.06. The summed E-state index contributed by atoms with van der Waals surface area (Å²) in [6.07, 6.45) is 0.222. The normalized spacial score (nSPS) is 23.4. The van der Waals surface area contributed by atoms with Crippen LogP contribution in [0.2, 0.25) is 0 Å². The minimum atomic E-state index is -3.93. The van der Waals surface area contributed by atoms with Crippen molar-refractivity contribution in [1.29, 1.82) is 0 Å². The molecule has 2 N–H and O–H groups in total. The van der Waals surface area contributed by atoms with E-state index in [0.29, 0.717) is 0 Å². The first-order chi connectivity index (χ1) is 9.20. The SMILES string of the molecule is O=C(O)c1cccc(S(=O)(=O)NC2CCS([O-])([O-])C2)c1. The number of aromatic carboxylic acids is 1. The van der Waals surface area contributed by atoms with Crippen LogP contribution in [0.25, 0.3) is 0 Å². The average molecular weight is 319 g/mol. The lowest BCUT2D eigenvalue weighted by Gasteiger charge is -2.56. The molecule has 0 spiro atoms. The molecule has 1 aliphatic heterocycles. The number of sulfonamides is 1. The summed E-state index contributed by atoms with van der Waals surface area (Å²) in [5.74, 6) is -1.51. The van der Waals surface area contributed by atoms with Gasteiger partial charge in [-0.2, -0.15) is 0 Å². The molecule has 7 nitrogen and oxygen atoms in total. The fourth-order valence-electron chi connectivity index (χ4n) is 1.97. The number of carboxylic acid groups (broad SMARTS) is 1. The van der Waals surface area contributed by atoms with Gasteiger partial charge in [0.15, 0.2) is 0 Å². The van der Waals surface area contributed by atoms with E-state index in [4.69, 9.17) is 5.11 Å². The van der Waals surface area contributed by atoms with Crippen LogP contribution in [0, 0.1) is 0 Å². The zero-order chi connectivity index (χ0) is 15.0. The van der Waals surface area contributed by atoms with E-state index in [1.54, 1.807) is 0 Å². The summed E-state index contributed by atoms with van der Waals surface area (Å²) in [7, 11) is -7.12. The molecule has 0 aliphatic carbocycles. The predicted molar refractivity (Wildman–Crippen MR) is 71.0 cm³/mol. The monoisotopic (exact) mass is 319 g/mol. The number of nitrogens with one attached hydrogen (secondary N) is 1. The first kappa shape index (κ1) is 15.3. The largest absolute Gasteiger partial charge is 0.800 e. The number of carboxylic acids is 1. The molecule has 0 radical (unpaired) electrons. The van der Waals surface area contributed by atoms with E-state index in [9.17, 15) is 22.3 Å². The first-order valence-electron chi connectivity index (χ1n) is 5.76. The summed E-state index contributed by atoms with van der Waals surface area (Å²) < 4.78 is 49.0. The molecule has 2 rings (SSSR count). The molecule has 1 aromatic carbocycles. The van der Waals surface area contributed by atoms with Crippen LogP contribution in [0.3, 0.4) is 0 Å². The van der Waals surface area contributed by atoms with Crippen LogP contribution in [-0.2, 0) is 10.0 Å².